The second-order valence-electron chi connectivity index (χ2n) is 3.99. The maximum Gasteiger partial charge on any atom is -0.0181 e. The number of hydrogen-bond acceptors (Lipinski definition) is 0. The van der Waals surface area contributed by atoms with E-state index in [-0.39, 0.29) is 0 Å². The van der Waals surface area contributed by atoms with Gasteiger partial charge in [0.1, 0.15) is 0 Å². The third kappa shape index (κ3) is 5.04. The lowest BCUT2D eigenvalue weighted by molar-refractivity contribution is 1.09. The first kappa shape index (κ1) is 15.7. The number of benzene rings is 2. The molecule has 0 spiro atoms. The van der Waals surface area contributed by atoms with E-state index in [0.29, 0.717) is 0 Å². The van der Waals surface area contributed by atoms with Crippen molar-refractivity contribution < 1.29 is 0 Å². The van der Waals surface area contributed by atoms with Gasteiger partial charge in [-0.25, -0.2) is 0 Å². The number of aryl methyl sites for hydroxylation is 2. The molecule has 0 N–H and O–H groups in total. The molecule has 0 unspecified atom stereocenters. The Bertz CT molecular complexity index is 386. The van der Waals surface area contributed by atoms with Gasteiger partial charge in [-0.2, -0.15) is 0 Å². The van der Waals surface area contributed by atoms with Crippen molar-refractivity contribution in [2.45, 2.75) is 48.0 Å². The molecule has 0 saturated heterocycles. The summed E-state index contributed by atoms with van der Waals surface area (Å²) in [4.78, 5) is 0. The number of fused-ring (bicyclic) bond motifs is 1. The molecule has 0 aliphatic rings. The fraction of sp³-hybridized carbons (Fsp3) is 0.412. The zero-order chi connectivity index (χ0) is 13.3. The third-order valence-electron chi connectivity index (χ3n) is 2.36. The van der Waals surface area contributed by atoms with Crippen LogP contribution in [0.25, 0.3) is 10.8 Å². The zero-order valence-corrected chi connectivity index (χ0v) is 12.2. The van der Waals surface area contributed by atoms with Gasteiger partial charge in [0.05, 0.1) is 0 Å². The molecule has 2 aromatic rings. The van der Waals surface area contributed by atoms with E-state index in [1.165, 1.54) is 28.3 Å². The molecule has 0 radical (unpaired) electrons. The van der Waals surface area contributed by atoms with Crippen molar-refractivity contribution in [1.29, 1.82) is 0 Å². The third-order valence-corrected chi connectivity index (χ3v) is 2.36. The molecule has 2 aromatic carbocycles. The SMILES string of the molecule is CC.CCC.Cc1cc2ccccc2cc1C. The topological polar surface area (TPSA) is 0 Å². The van der Waals surface area contributed by atoms with E-state index in [1.807, 2.05) is 13.8 Å². The minimum absolute atomic E-state index is 1.25. The van der Waals surface area contributed by atoms with Crippen LogP contribution < -0.4 is 0 Å². The van der Waals surface area contributed by atoms with E-state index >= 15 is 0 Å². The lowest BCUT2D eigenvalue weighted by Gasteiger charge is -2.02. The van der Waals surface area contributed by atoms with E-state index < -0.39 is 0 Å². The van der Waals surface area contributed by atoms with E-state index in [9.17, 15) is 0 Å². The van der Waals surface area contributed by atoms with Crippen LogP contribution in [0.3, 0.4) is 0 Å². The van der Waals surface area contributed by atoms with Crippen LogP contribution in [0, 0.1) is 13.8 Å². The van der Waals surface area contributed by atoms with Crippen LogP contribution in [0.4, 0.5) is 0 Å². The molecule has 0 heterocycles. The van der Waals surface area contributed by atoms with Crippen LogP contribution in [0.5, 0.6) is 0 Å². The lowest BCUT2D eigenvalue weighted by Crippen LogP contribution is -1.80. The molecule has 0 aliphatic heterocycles. The molecular weight excluding hydrogens is 204 g/mol. The zero-order valence-electron chi connectivity index (χ0n) is 12.2. The Morgan fingerprint density at radius 3 is 1.35 bits per heavy atom. The average molecular weight is 230 g/mol. The molecule has 0 nitrogen and oxygen atoms in total. The fourth-order valence-corrected chi connectivity index (χ4v) is 1.47. The quantitative estimate of drug-likeness (QED) is 0.528. The second-order valence-corrected chi connectivity index (χ2v) is 3.99. The van der Waals surface area contributed by atoms with Crippen molar-refractivity contribution in [2.24, 2.45) is 0 Å². The summed E-state index contributed by atoms with van der Waals surface area (Å²) in [7, 11) is 0. The van der Waals surface area contributed by atoms with E-state index in [1.54, 1.807) is 0 Å². The normalized spacial score (nSPS) is 8.82. The molecule has 0 amide bonds. The molecule has 2 rings (SSSR count). The van der Waals surface area contributed by atoms with Gasteiger partial charge >= 0.3 is 0 Å². The first-order chi connectivity index (χ1) is 8.19. The first-order valence-corrected chi connectivity index (χ1v) is 6.65. The highest BCUT2D eigenvalue weighted by Crippen LogP contribution is 2.18. The summed E-state index contributed by atoms with van der Waals surface area (Å²) in [5.74, 6) is 0. The summed E-state index contributed by atoms with van der Waals surface area (Å²) in [6.07, 6.45) is 1.25. The summed E-state index contributed by atoms with van der Waals surface area (Å²) in [5, 5.41) is 2.67. The number of hydrogen-bond donors (Lipinski definition) is 0. The lowest BCUT2D eigenvalue weighted by atomic mass is 10.0. The second kappa shape index (κ2) is 8.81. The summed E-state index contributed by atoms with van der Waals surface area (Å²) in [6, 6.07) is 13.0. The van der Waals surface area contributed by atoms with Gasteiger partial charge in [-0.15, -0.1) is 0 Å². The Labute approximate surface area is 107 Å². The van der Waals surface area contributed by atoms with Crippen LogP contribution >= 0.6 is 0 Å². The number of rotatable bonds is 0. The van der Waals surface area contributed by atoms with Crippen molar-refractivity contribution in [3.8, 4) is 0 Å². The molecule has 0 aliphatic carbocycles. The van der Waals surface area contributed by atoms with E-state index in [0.717, 1.165) is 0 Å². The van der Waals surface area contributed by atoms with Gasteiger partial charge in [0.2, 0.25) is 0 Å². The molecule has 17 heavy (non-hydrogen) atoms. The van der Waals surface area contributed by atoms with E-state index in [4.69, 9.17) is 0 Å². The molecule has 0 bridgehead atoms. The van der Waals surface area contributed by atoms with Crippen LogP contribution in [0.2, 0.25) is 0 Å². The maximum absolute atomic E-state index is 2.24. The Hall–Kier alpha value is -1.30. The van der Waals surface area contributed by atoms with Gasteiger partial charge in [0.25, 0.3) is 0 Å². The standard InChI is InChI=1S/C12H12.C3H8.C2H6/c1-9-7-11-5-3-4-6-12(11)8-10(9)2;1-3-2;1-2/h3-8H,1-2H3;3H2,1-2H3;1-2H3. The Kier molecular flexibility index (Phi) is 8.13. The van der Waals surface area contributed by atoms with Gasteiger partial charge in [0.15, 0.2) is 0 Å². The van der Waals surface area contributed by atoms with Gasteiger partial charge < -0.3 is 0 Å². The highest BCUT2D eigenvalue weighted by Gasteiger charge is 1.95. The predicted octanol–water partition coefficient (Wildman–Crippen LogP) is 5.90. The smallest absolute Gasteiger partial charge is 0.0181 e. The first-order valence-electron chi connectivity index (χ1n) is 6.65. The highest BCUT2D eigenvalue weighted by molar-refractivity contribution is 5.83. The largest absolute Gasteiger partial charge is 0.0683 e. The summed E-state index contributed by atoms with van der Waals surface area (Å²) < 4.78 is 0. The van der Waals surface area contributed by atoms with Crippen molar-refractivity contribution in [3.05, 3.63) is 47.5 Å². The van der Waals surface area contributed by atoms with Crippen LogP contribution in [-0.2, 0) is 0 Å². The van der Waals surface area contributed by atoms with Crippen LogP contribution in [0.1, 0.15) is 45.2 Å². The van der Waals surface area contributed by atoms with Crippen molar-refractivity contribution >= 4 is 10.8 Å². The molecule has 94 valence electrons. The summed E-state index contributed by atoms with van der Waals surface area (Å²) in [5.41, 5.74) is 2.74. The monoisotopic (exact) mass is 230 g/mol. The maximum atomic E-state index is 2.24. The van der Waals surface area contributed by atoms with Crippen LogP contribution in [-0.4, -0.2) is 0 Å². The van der Waals surface area contributed by atoms with Crippen molar-refractivity contribution in [1.82, 2.24) is 0 Å². The van der Waals surface area contributed by atoms with Gasteiger partial charge in [0, 0.05) is 0 Å². The average Bonchev–Trinajstić information content (AvgIpc) is 2.34. The fourth-order valence-electron chi connectivity index (χ4n) is 1.47. The van der Waals surface area contributed by atoms with Gasteiger partial charge in [-0.3, -0.25) is 0 Å². The minimum Gasteiger partial charge on any atom is -0.0683 e. The Morgan fingerprint density at radius 2 is 1.06 bits per heavy atom. The van der Waals surface area contributed by atoms with Crippen molar-refractivity contribution in [3.63, 3.8) is 0 Å². The molecule has 0 heteroatoms. The molecule has 0 atom stereocenters. The Balaban J connectivity index is 0.000000450. The summed E-state index contributed by atoms with van der Waals surface area (Å²) >= 11 is 0. The van der Waals surface area contributed by atoms with Crippen molar-refractivity contribution in [2.75, 3.05) is 0 Å². The molecule has 0 saturated carbocycles. The highest BCUT2D eigenvalue weighted by atomic mass is 14.0. The molecular formula is C17H26. The van der Waals surface area contributed by atoms with E-state index in [2.05, 4.69) is 64.1 Å². The molecule has 0 aromatic heterocycles. The van der Waals surface area contributed by atoms with Gasteiger partial charge in [-0.05, 0) is 35.7 Å². The molecule has 0 fully saturated rings. The minimum atomic E-state index is 1.25. The van der Waals surface area contributed by atoms with Gasteiger partial charge in [-0.1, -0.05) is 70.5 Å². The summed E-state index contributed by atoms with van der Waals surface area (Å²) in [6.45, 7) is 12.6. The van der Waals surface area contributed by atoms with Crippen LogP contribution in [0.15, 0.2) is 36.4 Å². The predicted molar refractivity (Wildman–Crippen MR) is 80.7 cm³/mol. The Morgan fingerprint density at radius 1 is 0.765 bits per heavy atom.